The Hall–Kier alpha value is -8.78. The largest absolute Gasteiger partial charge is 0.310 e. The first-order valence-corrected chi connectivity index (χ1v) is 30.2. The van der Waals surface area contributed by atoms with Crippen molar-refractivity contribution in [2.75, 3.05) is 4.90 Å². The number of rotatable bonds is 8. The molecule has 0 spiro atoms. The highest BCUT2D eigenvalue weighted by molar-refractivity contribution is 5.85. The molecule has 432 valence electrons. The molecule has 0 saturated heterocycles. The molecule has 0 aromatic heterocycles. The number of hydrogen-bond acceptors (Lipinski definition) is 1. The van der Waals surface area contributed by atoms with Crippen molar-refractivity contribution in [3.8, 4) is 33.4 Å². The van der Waals surface area contributed by atoms with Gasteiger partial charge in [-0.2, -0.15) is 0 Å². The molecule has 0 aliphatic rings. The van der Waals surface area contributed by atoms with Crippen molar-refractivity contribution < 1.29 is 0 Å². The van der Waals surface area contributed by atoms with Crippen LogP contribution >= 0.6 is 0 Å². The molecule has 0 bridgehead atoms. The monoisotopic (exact) mass is 1110 g/mol. The van der Waals surface area contributed by atoms with Crippen molar-refractivity contribution in [2.24, 2.45) is 0 Å². The van der Waals surface area contributed by atoms with Crippen LogP contribution in [0.2, 0.25) is 0 Å². The summed E-state index contributed by atoms with van der Waals surface area (Å²) in [6, 6.07) is 97.3. The van der Waals surface area contributed by atoms with Crippen LogP contribution in [0.4, 0.5) is 17.1 Å². The lowest BCUT2D eigenvalue weighted by atomic mass is 9.87. The van der Waals surface area contributed by atoms with Crippen LogP contribution in [0.25, 0.3) is 33.4 Å². The van der Waals surface area contributed by atoms with Gasteiger partial charge in [0.2, 0.25) is 0 Å². The number of aryl methyl sites for hydroxylation is 7. The van der Waals surface area contributed by atoms with E-state index in [1.165, 1.54) is 117 Å². The van der Waals surface area contributed by atoms with Crippen LogP contribution in [0.1, 0.15) is 121 Å². The molecule has 0 heterocycles. The summed E-state index contributed by atoms with van der Waals surface area (Å²) in [5.41, 5.74) is 27.5. The molecular formula is C84H91N. The van der Waals surface area contributed by atoms with E-state index in [0.29, 0.717) is 5.92 Å². The van der Waals surface area contributed by atoms with E-state index in [4.69, 9.17) is 0 Å². The Bertz CT molecular complexity index is 3730. The fraction of sp³-hybridized carbons (Fsp3) is 0.214. The van der Waals surface area contributed by atoms with Gasteiger partial charge < -0.3 is 4.90 Å². The van der Waals surface area contributed by atoms with Gasteiger partial charge in [0.1, 0.15) is 0 Å². The maximum Gasteiger partial charge on any atom is 0.0499 e. The van der Waals surface area contributed by atoms with E-state index in [-0.39, 0.29) is 10.8 Å². The Labute approximate surface area is 512 Å². The molecule has 0 amide bonds. The highest BCUT2D eigenvalue weighted by Crippen LogP contribution is 2.43. The van der Waals surface area contributed by atoms with E-state index in [1.807, 2.05) is 24.3 Å². The number of benzene rings is 11. The zero-order valence-electron chi connectivity index (χ0n) is 53.5. The number of hydrogen-bond donors (Lipinski definition) is 0. The summed E-state index contributed by atoms with van der Waals surface area (Å²) in [7, 11) is 0. The Morgan fingerprint density at radius 1 is 0.271 bits per heavy atom. The van der Waals surface area contributed by atoms with Gasteiger partial charge in [-0.15, -0.1) is 0 Å². The average molecular weight is 1110 g/mol. The molecule has 0 aliphatic heterocycles. The SMILES string of the molecule is CC(c1ccccc1)c1ccccc1.Cc1ccc(-c2ccccc2)cc1C.Cc1ccc(C(C)(C)C)cc1.Cc1cccc(-c2cc(C)c(C)c(N(c3ccc(C(C)(C)C)cc3)c3ccc(-c4ccccc4)cc3C)c2)c1.Cc1ccccc1. The lowest BCUT2D eigenvalue weighted by Crippen LogP contribution is -2.15. The molecule has 0 N–H and O–H groups in total. The topological polar surface area (TPSA) is 3.24 Å². The molecule has 11 rings (SSSR count). The lowest BCUT2D eigenvalue weighted by molar-refractivity contribution is 0.590. The summed E-state index contributed by atoms with van der Waals surface area (Å²) >= 11 is 0. The van der Waals surface area contributed by atoms with Gasteiger partial charge in [0, 0.05) is 23.0 Å². The second-order valence-corrected chi connectivity index (χ2v) is 24.8. The first-order chi connectivity index (χ1) is 40.7. The second-order valence-electron chi connectivity index (χ2n) is 24.8. The molecule has 0 unspecified atom stereocenters. The normalized spacial score (nSPS) is 10.9. The van der Waals surface area contributed by atoms with Crippen molar-refractivity contribution in [1.29, 1.82) is 0 Å². The Kier molecular flexibility index (Phi) is 22.6. The minimum Gasteiger partial charge on any atom is -0.310 e. The maximum atomic E-state index is 2.44. The van der Waals surface area contributed by atoms with Gasteiger partial charge in [-0.05, 0) is 180 Å². The summed E-state index contributed by atoms with van der Waals surface area (Å²) in [4.78, 5) is 2.44. The molecule has 0 saturated carbocycles. The predicted molar refractivity (Wildman–Crippen MR) is 372 cm³/mol. The lowest BCUT2D eigenvalue weighted by Gasteiger charge is -2.31. The summed E-state index contributed by atoms with van der Waals surface area (Å²) < 4.78 is 0. The Morgan fingerprint density at radius 2 is 0.659 bits per heavy atom. The van der Waals surface area contributed by atoms with E-state index in [0.717, 1.165) is 0 Å². The average Bonchev–Trinajstić information content (AvgIpc) is 2.29. The van der Waals surface area contributed by atoms with E-state index in [9.17, 15) is 0 Å². The van der Waals surface area contributed by atoms with Gasteiger partial charge in [-0.3, -0.25) is 0 Å². The number of anilines is 3. The summed E-state index contributed by atoms with van der Waals surface area (Å²) in [6.07, 6.45) is 0. The molecular weight excluding hydrogens is 1020 g/mol. The maximum absolute atomic E-state index is 2.44. The van der Waals surface area contributed by atoms with Crippen molar-refractivity contribution in [3.63, 3.8) is 0 Å². The molecule has 85 heavy (non-hydrogen) atoms. The fourth-order valence-electron chi connectivity index (χ4n) is 10.1. The van der Waals surface area contributed by atoms with Crippen LogP contribution in [-0.4, -0.2) is 0 Å². The minimum atomic E-state index is 0.105. The van der Waals surface area contributed by atoms with E-state index >= 15 is 0 Å². The van der Waals surface area contributed by atoms with Crippen molar-refractivity contribution >= 4 is 17.1 Å². The van der Waals surface area contributed by atoms with E-state index in [2.05, 4.69) is 357 Å². The quantitative estimate of drug-likeness (QED) is 0.147. The highest BCUT2D eigenvalue weighted by atomic mass is 15.1. The first-order valence-electron chi connectivity index (χ1n) is 30.2. The zero-order valence-corrected chi connectivity index (χ0v) is 53.5. The predicted octanol–water partition coefficient (Wildman–Crippen LogP) is 24.1. The third kappa shape index (κ3) is 18.6. The van der Waals surface area contributed by atoms with Gasteiger partial charge in [0.25, 0.3) is 0 Å². The Morgan fingerprint density at radius 3 is 1.09 bits per heavy atom. The molecule has 0 aliphatic carbocycles. The van der Waals surface area contributed by atoms with Crippen LogP contribution in [0, 0.1) is 55.4 Å². The minimum absolute atomic E-state index is 0.105. The molecule has 1 nitrogen and oxygen atoms in total. The van der Waals surface area contributed by atoms with Crippen LogP contribution in [0.3, 0.4) is 0 Å². The Balaban J connectivity index is 0.000000182. The van der Waals surface area contributed by atoms with Crippen molar-refractivity contribution in [2.45, 2.75) is 121 Å². The zero-order chi connectivity index (χ0) is 61.1. The molecule has 0 atom stereocenters. The van der Waals surface area contributed by atoms with E-state index in [1.54, 1.807) is 0 Å². The van der Waals surface area contributed by atoms with E-state index < -0.39 is 0 Å². The van der Waals surface area contributed by atoms with Gasteiger partial charge in [-0.25, -0.2) is 0 Å². The molecule has 11 aromatic rings. The van der Waals surface area contributed by atoms with Gasteiger partial charge in [0.05, 0.1) is 0 Å². The standard InChI is InChI=1S/C38H39N.2C14H14.C11H16.C7H8/c1-26-12-11-15-31(22-26)33-23-27(2)29(4)37(25-33)39(35-19-17-34(18-20-35)38(5,6)7)36-21-16-32(24-28(36)3)30-13-9-8-10-14-30;1-11-8-9-14(10-12(11)2)13-6-4-3-5-7-13;1-12(13-8-4-2-5-9-13)14-10-6-3-7-11-14;1-9-5-7-10(8-6-9)11(2,3)4;1-7-5-3-2-4-6-7/h8-25H,1-7H3;3-10H,1-2H3;2-12H,1H3;5-8H,1-4H3;2-6H,1H3. The van der Waals surface area contributed by atoms with Crippen molar-refractivity contribution in [1.82, 2.24) is 0 Å². The first kappa shape index (κ1) is 63.8. The highest BCUT2D eigenvalue weighted by Gasteiger charge is 2.21. The molecule has 0 radical (unpaired) electrons. The van der Waals surface area contributed by atoms with Crippen LogP contribution in [0.15, 0.2) is 273 Å². The smallest absolute Gasteiger partial charge is 0.0499 e. The third-order valence-electron chi connectivity index (χ3n) is 15.8. The van der Waals surface area contributed by atoms with Crippen LogP contribution in [0.5, 0.6) is 0 Å². The van der Waals surface area contributed by atoms with Gasteiger partial charge >= 0.3 is 0 Å². The van der Waals surface area contributed by atoms with Crippen molar-refractivity contribution in [3.05, 3.63) is 340 Å². The molecule has 11 aromatic carbocycles. The fourth-order valence-corrected chi connectivity index (χ4v) is 10.1. The van der Waals surface area contributed by atoms with Crippen LogP contribution in [-0.2, 0) is 10.8 Å². The second kappa shape index (κ2) is 30.2. The summed E-state index contributed by atoms with van der Waals surface area (Å²) in [5.74, 6) is 0.484. The third-order valence-corrected chi connectivity index (χ3v) is 15.8. The number of nitrogens with zero attached hydrogens (tertiary/aromatic N) is 1. The molecule has 1 heteroatoms. The molecule has 0 fully saturated rings. The van der Waals surface area contributed by atoms with Gasteiger partial charge in [0.15, 0.2) is 0 Å². The van der Waals surface area contributed by atoms with Gasteiger partial charge in [-0.1, -0.05) is 308 Å². The van der Waals surface area contributed by atoms with Crippen LogP contribution < -0.4 is 4.90 Å². The summed E-state index contributed by atoms with van der Waals surface area (Å²) in [5, 5.41) is 0. The summed E-state index contributed by atoms with van der Waals surface area (Å²) in [6.45, 7) is 33.1.